The summed E-state index contributed by atoms with van der Waals surface area (Å²) in [5, 5.41) is 27.5. The molecule has 0 spiro atoms. The lowest BCUT2D eigenvalue weighted by atomic mass is 9.99. The lowest BCUT2D eigenvalue weighted by Gasteiger charge is -2.27. The number of anilines is 1. The topological polar surface area (TPSA) is 212 Å². The van der Waals surface area contributed by atoms with E-state index in [0.29, 0.717) is 28.1 Å². The van der Waals surface area contributed by atoms with Gasteiger partial charge in [0.05, 0.1) is 6.42 Å². The van der Waals surface area contributed by atoms with Gasteiger partial charge in [-0.3, -0.25) is 33.6 Å². The molecular weight excluding hydrogens is 809 g/mol. The normalized spacial score (nSPS) is 19.1. The van der Waals surface area contributed by atoms with Crippen LogP contribution in [0.1, 0.15) is 53.3 Å². The van der Waals surface area contributed by atoms with Gasteiger partial charge < -0.3 is 37.0 Å². The van der Waals surface area contributed by atoms with Crippen molar-refractivity contribution in [1.82, 2.24) is 26.6 Å². The Hall–Kier alpha value is -7.13. The van der Waals surface area contributed by atoms with Gasteiger partial charge >= 0.3 is 5.97 Å². The maximum Gasteiger partial charge on any atom is 0.305 e. The van der Waals surface area contributed by atoms with Gasteiger partial charge in [0.1, 0.15) is 24.2 Å². The van der Waals surface area contributed by atoms with Crippen LogP contribution in [-0.2, 0) is 52.8 Å². The van der Waals surface area contributed by atoms with E-state index in [1.54, 1.807) is 41.8 Å². The molecular formula is C47H48N6O8S. The average molecular weight is 857 g/mol. The number of carboxylic acid groups (broad SMARTS) is 1. The van der Waals surface area contributed by atoms with Crippen LogP contribution in [0.25, 0.3) is 11.1 Å². The standard InChI is InChI=1S/C47H48N6O8S/c54-40-23-24-41(55)53-43(39-12-7-27-62-39)47(61)52-38(29-31-13-18-34(19-14-31)33-10-5-2-6-11-33)46(60)50-36(22-17-30-8-3-1-4-9-30)45(59)51-37(44(58)48-26-25-42(56)57)28-32-15-20-35(49-40)21-16-32/h1-16,18-21,27,36-38,43H,17,22-26,28-29H2,(H,48,58)(H,49,54)(H,50,60)(H,51,59)(H,52,61)(H,53,55)(H,56,57)/t36-,37+,38+,43?/m1/s1. The number of carbonyl (C=O) groups is 7. The quantitative estimate of drug-likeness (QED) is 0.0941. The third-order valence-corrected chi connectivity index (χ3v) is 11.2. The fourth-order valence-electron chi connectivity index (χ4n) is 6.92. The Morgan fingerprint density at radius 1 is 0.645 bits per heavy atom. The van der Waals surface area contributed by atoms with E-state index in [1.165, 1.54) is 11.3 Å². The molecule has 320 valence electrons. The highest BCUT2D eigenvalue weighted by Crippen LogP contribution is 2.23. The van der Waals surface area contributed by atoms with Crippen LogP contribution in [0.3, 0.4) is 0 Å². The Labute approximate surface area is 362 Å². The number of aliphatic carboxylic acids is 1. The molecule has 0 aliphatic carbocycles. The largest absolute Gasteiger partial charge is 0.481 e. The van der Waals surface area contributed by atoms with Gasteiger partial charge in [0, 0.05) is 42.8 Å². The number of amides is 6. The minimum atomic E-state index is -1.25. The monoisotopic (exact) mass is 856 g/mol. The smallest absolute Gasteiger partial charge is 0.305 e. The Kier molecular flexibility index (Phi) is 15.7. The van der Waals surface area contributed by atoms with Gasteiger partial charge in [-0.05, 0) is 64.2 Å². The number of thiophene rings is 1. The van der Waals surface area contributed by atoms with Crippen LogP contribution in [0.15, 0.2) is 127 Å². The van der Waals surface area contributed by atoms with Crippen molar-refractivity contribution >= 4 is 58.4 Å². The zero-order valence-corrected chi connectivity index (χ0v) is 34.6. The van der Waals surface area contributed by atoms with Gasteiger partial charge in [-0.1, -0.05) is 103 Å². The molecule has 1 unspecified atom stereocenters. The van der Waals surface area contributed by atoms with Gasteiger partial charge in [0.2, 0.25) is 35.4 Å². The molecule has 3 heterocycles. The molecule has 5 aromatic rings. The maximum absolute atomic E-state index is 14.6. The molecule has 15 heteroatoms. The second kappa shape index (κ2) is 21.9. The van der Waals surface area contributed by atoms with Crippen LogP contribution < -0.4 is 31.9 Å². The fraction of sp³-hybridized carbons (Fsp3) is 0.255. The van der Waals surface area contributed by atoms with Crippen molar-refractivity contribution < 1.29 is 38.7 Å². The summed E-state index contributed by atoms with van der Waals surface area (Å²) in [6.07, 6.45) is -0.281. The summed E-state index contributed by atoms with van der Waals surface area (Å²) in [5.41, 5.74) is 4.57. The number of hydrogen-bond acceptors (Lipinski definition) is 8. The van der Waals surface area contributed by atoms with Gasteiger partial charge in [0.25, 0.3) is 0 Å². The second-order valence-electron chi connectivity index (χ2n) is 14.9. The third kappa shape index (κ3) is 13.2. The van der Waals surface area contributed by atoms with Crippen LogP contribution in [0, 0.1) is 0 Å². The summed E-state index contributed by atoms with van der Waals surface area (Å²) in [4.78, 5) is 94.7. The Bertz CT molecular complexity index is 2320. The summed E-state index contributed by atoms with van der Waals surface area (Å²) < 4.78 is 0. The first-order valence-corrected chi connectivity index (χ1v) is 21.2. The second-order valence-corrected chi connectivity index (χ2v) is 15.9. The molecule has 0 saturated heterocycles. The molecule has 7 N–H and O–H groups in total. The van der Waals surface area contributed by atoms with Crippen molar-refractivity contribution in [3.05, 3.63) is 148 Å². The van der Waals surface area contributed by atoms with E-state index in [9.17, 15) is 38.7 Å². The van der Waals surface area contributed by atoms with Crippen molar-refractivity contribution in [2.45, 2.75) is 69.1 Å². The molecule has 0 fully saturated rings. The summed E-state index contributed by atoms with van der Waals surface area (Å²) in [7, 11) is 0. The van der Waals surface area contributed by atoms with E-state index in [2.05, 4.69) is 31.9 Å². The van der Waals surface area contributed by atoms with E-state index >= 15 is 0 Å². The van der Waals surface area contributed by atoms with Gasteiger partial charge in [-0.2, -0.15) is 0 Å². The number of hydrogen-bond donors (Lipinski definition) is 7. The van der Waals surface area contributed by atoms with E-state index in [-0.39, 0.29) is 45.1 Å². The Morgan fingerprint density at radius 3 is 1.97 bits per heavy atom. The van der Waals surface area contributed by atoms with E-state index in [4.69, 9.17) is 0 Å². The molecule has 0 radical (unpaired) electrons. The zero-order valence-electron chi connectivity index (χ0n) is 33.8. The highest BCUT2D eigenvalue weighted by Gasteiger charge is 2.33. The maximum atomic E-state index is 14.6. The average Bonchev–Trinajstić information content (AvgIpc) is 3.82. The summed E-state index contributed by atoms with van der Waals surface area (Å²) in [6.45, 7) is -0.183. The Balaban J connectivity index is 1.35. The molecule has 7 rings (SSSR count). The first-order chi connectivity index (χ1) is 30.0. The molecule has 14 nitrogen and oxygen atoms in total. The van der Waals surface area contributed by atoms with Crippen LogP contribution in [0.4, 0.5) is 5.69 Å². The van der Waals surface area contributed by atoms with E-state index in [0.717, 1.165) is 16.7 Å². The summed E-state index contributed by atoms with van der Waals surface area (Å²) in [5.74, 6) is -4.80. The molecule has 1 aromatic heterocycles. The van der Waals surface area contributed by atoms with Crippen molar-refractivity contribution in [2.24, 2.45) is 0 Å². The lowest BCUT2D eigenvalue weighted by molar-refractivity contribution is -0.137. The highest BCUT2D eigenvalue weighted by molar-refractivity contribution is 7.10. The number of carboxylic acids is 1. The van der Waals surface area contributed by atoms with Crippen LogP contribution in [0.5, 0.6) is 0 Å². The van der Waals surface area contributed by atoms with Crippen molar-refractivity contribution in [1.29, 1.82) is 0 Å². The van der Waals surface area contributed by atoms with Crippen molar-refractivity contribution in [2.75, 3.05) is 11.9 Å². The number of aryl methyl sites for hydroxylation is 1. The van der Waals surface area contributed by atoms with Gasteiger partial charge in [-0.15, -0.1) is 11.3 Å². The van der Waals surface area contributed by atoms with Crippen molar-refractivity contribution in [3.8, 4) is 11.1 Å². The number of rotatable bonds is 11. The minimum absolute atomic E-state index is 0.00930. The van der Waals surface area contributed by atoms with E-state index in [1.807, 2.05) is 84.9 Å². The van der Waals surface area contributed by atoms with E-state index < -0.39 is 65.6 Å². The highest BCUT2D eigenvalue weighted by atomic mass is 32.1. The molecule has 2 bridgehead atoms. The third-order valence-electron chi connectivity index (χ3n) is 10.3. The molecule has 4 atom stereocenters. The van der Waals surface area contributed by atoms with Crippen LogP contribution in [-0.4, -0.2) is 71.2 Å². The molecule has 62 heavy (non-hydrogen) atoms. The van der Waals surface area contributed by atoms with Crippen molar-refractivity contribution in [3.63, 3.8) is 0 Å². The first kappa shape index (κ1) is 44.4. The van der Waals surface area contributed by atoms with Gasteiger partial charge in [-0.25, -0.2) is 0 Å². The minimum Gasteiger partial charge on any atom is -0.481 e. The molecule has 2 aliphatic rings. The molecule has 6 amide bonds. The number of nitrogens with one attached hydrogen (secondary N) is 6. The summed E-state index contributed by atoms with van der Waals surface area (Å²) >= 11 is 1.23. The predicted molar refractivity (Wildman–Crippen MR) is 235 cm³/mol. The van der Waals surface area contributed by atoms with Crippen LogP contribution in [0.2, 0.25) is 0 Å². The summed E-state index contributed by atoms with van der Waals surface area (Å²) in [6, 6.07) is 31.8. The fourth-order valence-corrected chi connectivity index (χ4v) is 7.70. The number of fused-ring (bicyclic) bond motifs is 18. The number of carbonyl (C=O) groups excluding carboxylic acids is 6. The SMILES string of the molecule is O=C(O)CCNC(=O)[C@@H]1Cc2ccc(cc2)NC(=O)CCC(=O)NC(c2cccs2)C(=O)N[C@@H](Cc2ccc(-c3ccccc3)cc2)C(=O)N[C@H](CCc2ccccc2)C(=O)N1. The number of benzene rings is 4. The molecule has 4 aromatic carbocycles. The van der Waals surface area contributed by atoms with Gasteiger partial charge in [0.15, 0.2) is 0 Å². The molecule has 2 aliphatic heterocycles. The predicted octanol–water partition coefficient (Wildman–Crippen LogP) is 4.47. The lowest BCUT2D eigenvalue weighted by Crippen LogP contribution is -2.58. The first-order valence-electron chi connectivity index (χ1n) is 20.3. The zero-order chi connectivity index (χ0) is 43.8. The Morgan fingerprint density at radius 2 is 1.29 bits per heavy atom. The molecule has 0 saturated carbocycles. The van der Waals surface area contributed by atoms with Crippen LogP contribution >= 0.6 is 11.3 Å².